The molecule has 1 rings (SSSR count). The quantitative estimate of drug-likeness (QED) is 0.383. The van der Waals surface area contributed by atoms with Crippen LogP contribution in [0.2, 0.25) is 0 Å². The van der Waals surface area contributed by atoms with E-state index in [0.717, 1.165) is 5.69 Å². The molecule has 1 aromatic heterocycles. The van der Waals surface area contributed by atoms with Crippen LogP contribution in [0, 0.1) is 5.41 Å². The molecule has 0 saturated heterocycles. The van der Waals surface area contributed by atoms with Gasteiger partial charge in [-0.15, -0.1) is 0 Å². The zero-order valence-electron chi connectivity index (χ0n) is 12.3. The Kier molecular flexibility index (Phi) is 7.60. The molecule has 0 fully saturated rings. The van der Waals surface area contributed by atoms with Crippen molar-refractivity contribution in [2.75, 3.05) is 44.4 Å². The maximum Gasteiger partial charge on any atom is 0.143 e. The Labute approximate surface area is 120 Å². The van der Waals surface area contributed by atoms with Crippen LogP contribution in [0.15, 0.2) is 18.3 Å². The summed E-state index contributed by atoms with van der Waals surface area (Å²) in [7, 11) is 0. The molecule has 1 heterocycles. The number of nitrogen functional groups attached to an aromatic ring is 1. The van der Waals surface area contributed by atoms with Crippen LogP contribution in [0.25, 0.3) is 0 Å². The second kappa shape index (κ2) is 9.28. The zero-order valence-corrected chi connectivity index (χ0v) is 12.3. The Hall–Kier alpha value is -1.66. The maximum absolute atomic E-state index is 7.62. The monoisotopic (exact) mass is 280 g/mol. The molecule has 6 nitrogen and oxygen atoms in total. The molecule has 0 radical (unpaired) electrons. The molecule has 0 aliphatic heterocycles. The van der Waals surface area contributed by atoms with Crippen molar-refractivity contribution < 1.29 is 9.47 Å². The first kappa shape index (κ1) is 16.4. The number of nitrogens with two attached hydrogens (primary N) is 1. The van der Waals surface area contributed by atoms with Crippen molar-refractivity contribution in [2.45, 2.75) is 13.8 Å². The van der Waals surface area contributed by atoms with Crippen LogP contribution in [0.1, 0.15) is 19.5 Å². The van der Waals surface area contributed by atoms with Gasteiger partial charge in [-0.25, -0.2) is 0 Å². The van der Waals surface area contributed by atoms with E-state index >= 15 is 0 Å². The highest BCUT2D eigenvalue weighted by molar-refractivity contribution is 5.98. The average molecular weight is 280 g/mol. The van der Waals surface area contributed by atoms with Gasteiger partial charge in [0, 0.05) is 32.5 Å². The van der Waals surface area contributed by atoms with Crippen LogP contribution in [0.5, 0.6) is 0 Å². The van der Waals surface area contributed by atoms with Gasteiger partial charge in [0.05, 0.1) is 18.9 Å². The summed E-state index contributed by atoms with van der Waals surface area (Å²) < 4.78 is 10.8. The maximum atomic E-state index is 7.62. The average Bonchev–Trinajstić information content (AvgIpc) is 2.46. The largest absolute Gasteiger partial charge is 0.382 e. The van der Waals surface area contributed by atoms with Crippen molar-refractivity contribution >= 4 is 11.5 Å². The molecule has 3 N–H and O–H groups in total. The van der Waals surface area contributed by atoms with Crippen LogP contribution in [-0.4, -0.2) is 50.3 Å². The van der Waals surface area contributed by atoms with Crippen molar-refractivity contribution in [2.24, 2.45) is 5.73 Å². The summed E-state index contributed by atoms with van der Waals surface area (Å²) in [4.78, 5) is 6.28. The van der Waals surface area contributed by atoms with Gasteiger partial charge in [-0.05, 0) is 26.0 Å². The van der Waals surface area contributed by atoms with Crippen LogP contribution in [0.4, 0.5) is 5.69 Å². The predicted octanol–water partition coefficient (Wildman–Crippen LogP) is 1.25. The highest BCUT2D eigenvalue weighted by Crippen LogP contribution is 2.17. The number of anilines is 1. The third kappa shape index (κ3) is 5.14. The van der Waals surface area contributed by atoms with Gasteiger partial charge in [-0.3, -0.25) is 10.4 Å². The minimum Gasteiger partial charge on any atom is -0.382 e. The standard InChI is InChI=1S/C14H24N4O2/c1-3-19-10-8-18(9-11-20-4-2)12-6-5-7-17-13(12)14(15)16/h5-7H,3-4,8-11H2,1-2H3,(H3,15,16). The van der Waals surface area contributed by atoms with Crippen LogP contribution >= 0.6 is 0 Å². The van der Waals surface area contributed by atoms with Crippen molar-refractivity contribution in [3.8, 4) is 0 Å². The molecule has 6 heteroatoms. The molecular weight excluding hydrogens is 256 g/mol. The Morgan fingerprint density at radius 1 is 1.25 bits per heavy atom. The lowest BCUT2D eigenvalue weighted by atomic mass is 10.2. The van der Waals surface area contributed by atoms with E-state index in [1.54, 1.807) is 6.20 Å². The minimum atomic E-state index is -0.0292. The number of amidine groups is 1. The van der Waals surface area contributed by atoms with Gasteiger partial charge in [0.1, 0.15) is 11.5 Å². The van der Waals surface area contributed by atoms with E-state index in [1.165, 1.54) is 0 Å². The fraction of sp³-hybridized carbons (Fsp3) is 0.571. The summed E-state index contributed by atoms with van der Waals surface area (Å²) in [5, 5.41) is 7.62. The highest BCUT2D eigenvalue weighted by Gasteiger charge is 2.13. The Morgan fingerprint density at radius 3 is 2.35 bits per heavy atom. The normalized spacial score (nSPS) is 10.5. The van der Waals surface area contributed by atoms with E-state index in [-0.39, 0.29) is 5.84 Å². The number of aromatic nitrogens is 1. The van der Waals surface area contributed by atoms with Gasteiger partial charge < -0.3 is 20.1 Å². The van der Waals surface area contributed by atoms with Crippen LogP contribution < -0.4 is 10.6 Å². The molecule has 0 spiro atoms. The molecule has 0 aromatic carbocycles. The van der Waals surface area contributed by atoms with Crippen molar-refractivity contribution in [1.29, 1.82) is 5.41 Å². The topological polar surface area (TPSA) is 84.5 Å². The lowest BCUT2D eigenvalue weighted by Crippen LogP contribution is -2.33. The first-order valence-electron chi connectivity index (χ1n) is 6.90. The number of rotatable bonds is 10. The molecule has 0 atom stereocenters. The van der Waals surface area contributed by atoms with Crippen molar-refractivity contribution in [1.82, 2.24) is 4.98 Å². The number of hydrogen-bond donors (Lipinski definition) is 2. The summed E-state index contributed by atoms with van der Waals surface area (Å²) in [6.07, 6.45) is 1.64. The van der Waals surface area contributed by atoms with Crippen LogP contribution in [0.3, 0.4) is 0 Å². The Morgan fingerprint density at radius 2 is 1.85 bits per heavy atom. The lowest BCUT2D eigenvalue weighted by Gasteiger charge is -2.26. The number of nitrogens with one attached hydrogen (secondary N) is 1. The second-order valence-electron chi connectivity index (χ2n) is 4.17. The first-order valence-corrected chi connectivity index (χ1v) is 6.90. The molecule has 112 valence electrons. The number of pyridine rings is 1. The third-order valence-electron chi connectivity index (χ3n) is 2.80. The van der Waals surface area contributed by atoms with E-state index in [1.807, 2.05) is 26.0 Å². The fourth-order valence-electron chi connectivity index (χ4n) is 1.85. The van der Waals surface area contributed by atoms with Crippen LogP contribution in [-0.2, 0) is 9.47 Å². The summed E-state index contributed by atoms with van der Waals surface area (Å²) in [6, 6.07) is 3.76. The van der Waals surface area contributed by atoms with Gasteiger partial charge >= 0.3 is 0 Å². The molecule has 0 amide bonds. The lowest BCUT2D eigenvalue weighted by molar-refractivity contribution is 0.141. The Balaban J connectivity index is 2.81. The fourth-order valence-corrected chi connectivity index (χ4v) is 1.85. The molecule has 0 aliphatic carbocycles. The Bertz CT molecular complexity index is 402. The van der Waals surface area contributed by atoms with E-state index in [9.17, 15) is 0 Å². The molecule has 0 aliphatic rings. The summed E-state index contributed by atoms with van der Waals surface area (Å²) in [5.41, 5.74) is 6.94. The first-order chi connectivity index (χ1) is 9.70. The molecular formula is C14H24N4O2. The van der Waals surface area contributed by atoms with E-state index < -0.39 is 0 Å². The molecule has 0 bridgehead atoms. The predicted molar refractivity (Wildman–Crippen MR) is 80.5 cm³/mol. The number of nitrogens with zero attached hydrogens (tertiary/aromatic N) is 2. The van der Waals surface area contributed by atoms with Gasteiger partial charge in [0.25, 0.3) is 0 Å². The molecule has 0 saturated carbocycles. The number of hydrogen-bond acceptors (Lipinski definition) is 5. The van der Waals surface area contributed by atoms with Gasteiger partial charge in [-0.1, -0.05) is 0 Å². The van der Waals surface area contributed by atoms with E-state index in [0.29, 0.717) is 45.2 Å². The smallest absolute Gasteiger partial charge is 0.143 e. The summed E-state index contributed by atoms with van der Waals surface area (Å²) >= 11 is 0. The van der Waals surface area contributed by atoms with Gasteiger partial charge in [-0.2, -0.15) is 0 Å². The van der Waals surface area contributed by atoms with Gasteiger partial charge in [0.15, 0.2) is 0 Å². The highest BCUT2D eigenvalue weighted by atomic mass is 16.5. The third-order valence-corrected chi connectivity index (χ3v) is 2.80. The van der Waals surface area contributed by atoms with Gasteiger partial charge in [0.2, 0.25) is 0 Å². The second-order valence-corrected chi connectivity index (χ2v) is 4.17. The van der Waals surface area contributed by atoms with Crippen molar-refractivity contribution in [3.05, 3.63) is 24.0 Å². The molecule has 1 aromatic rings. The number of ether oxygens (including phenoxy) is 2. The molecule has 20 heavy (non-hydrogen) atoms. The summed E-state index contributed by atoms with van der Waals surface area (Å²) in [5.74, 6) is -0.0292. The summed E-state index contributed by atoms with van der Waals surface area (Å²) in [6.45, 7) is 7.98. The SMILES string of the molecule is CCOCCN(CCOCC)c1cccnc1C(=N)N. The zero-order chi connectivity index (χ0) is 14.8. The van der Waals surface area contributed by atoms with E-state index in [2.05, 4.69) is 9.88 Å². The van der Waals surface area contributed by atoms with Crippen molar-refractivity contribution in [3.63, 3.8) is 0 Å². The minimum absolute atomic E-state index is 0.0292. The van der Waals surface area contributed by atoms with E-state index in [4.69, 9.17) is 20.6 Å². The molecule has 0 unspecified atom stereocenters.